The predicted molar refractivity (Wildman–Crippen MR) is 33.7 cm³/mol. The molecular formula is C7H3N3. The van der Waals surface area contributed by atoms with Gasteiger partial charge in [-0.1, -0.05) is 6.07 Å². The minimum atomic E-state index is 0.277. The molecule has 0 aliphatic rings. The van der Waals surface area contributed by atoms with Crippen molar-refractivity contribution < 1.29 is 0 Å². The molecule has 3 heteroatoms. The molecule has 0 radical (unpaired) electrons. The Hall–Kier alpha value is -1.87. The smallest absolute Gasteiger partial charge is 0.142 e. The molecule has 0 aromatic carbocycles. The maximum absolute atomic E-state index is 8.34. The van der Waals surface area contributed by atoms with Gasteiger partial charge >= 0.3 is 0 Å². The van der Waals surface area contributed by atoms with E-state index in [9.17, 15) is 0 Å². The maximum atomic E-state index is 8.34. The maximum Gasteiger partial charge on any atom is 0.142 e. The molecule has 46 valence electrons. The highest BCUT2D eigenvalue weighted by Gasteiger charge is 1.91. The van der Waals surface area contributed by atoms with Gasteiger partial charge in [0, 0.05) is 0 Å². The number of hydrogen-bond donors (Lipinski definition) is 0. The molecule has 0 atom stereocenters. The third-order valence-electron chi connectivity index (χ3n) is 0.978. The molecule has 1 rings (SSSR count). The SMILES string of the molecule is N#Cc1cccc(C#N)n1. The van der Waals surface area contributed by atoms with E-state index in [-0.39, 0.29) is 11.4 Å². The van der Waals surface area contributed by atoms with E-state index in [0.29, 0.717) is 0 Å². The van der Waals surface area contributed by atoms with E-state index >= 15 is 0 Å². The molecule has 10 heavy (non-hydrogen) atoms. The lowest BCUT2D eigenvalue weighted by Crippen LogP contribution is -1.84. The van der Waals surface area contributed by atoms with Crippen LogP contribution in [-0.4, -0.2) is 4.98 Å². The van der Waals surface area contributed by atoms with Crippen molar-refractivity contribution in [1.82, 2.24) is 4.98 Å². The first kappa shape index (κ1) is 6.25. The zero-order valence-corrected chi connectivity index (χ0v) is 5.07. The van der Waals surface area contributed by atoms with Crippen LogP contribution in [0.4, 0.5) is 0 Å². The minimum absolute atomic E-state index is 0.277. The number of nitrogens with zero attached hydrogens (tertiary/aromatic N) is 3. The molecule has 0 N–H and O–H groups in total. The molecule has 3 nitrogen and oxygen atoms in total. The van der Waals surface area contributed by atoms with Gasteiger partial charge in [-0.2, -0.15) is 10.5 Å². The second kappa shape index (κ2) is 2.61. The summed E-state index contributed by atoms with van der Waals surface area (Å²) >= 11 is 0. The van der Waals surface area contributed by atoms with Gasteiger partial charge < -0.3 is 0 Å². The van der Waals surface area contributed by atoms with Crippen LogP contribution in [0, 0.1) is 22.7 Å². The van der Waals surface area contributed by atoms with Gasteiger partial charge in [-0.15, -0.1) is 0 Å². The standard InChI is InChI=1S/C7H3N3/c8-4-6-2-1-3-7(5-9)10-6/h1-3H. The molecule has 0 aliphatic heterocycles. The molecule has 1 aromatic rings. The van der Waals surface area contributed by atoms with Crippen molar-refractivity contribution in [1.29, 1.82) is 10.5 Å². The first-order valence-electron chi connectivity index (χ1n) is 2.64. The average Bonchev–Trinajstić information content (AvgIpc) is 2.05. The van der Waals surface area contributed by atoms with E-state index in [0.717, 1.165) is 0 Å². The van der Waals surface area contributed by atoms with E-state index in [1.807, 2.05) is 12.1 Å². The summed E-state index contributed by atoms with van der Waals surface area (Å²) in [5, 5.41) is 16.7. The molecular weight excluding hydrogens is 126 g/mol. The van der Waals surface area contributed by atoms with E-state index in [1.165, 1.54) is 0 Å². The molecule has 0 spiro atoms. The second-order valence-electron chi connectivity index (χ2n) is 1.63. The summed E-state index contributed by atoms with van der Waals surface area (Å²) in [5.41, 5.74) is 0.554. The van der Waals surface area contributed by atoms with Crippen LogP contribution < -0.4 is 0 Å². The van der Waals surface area contributed by atoms with Gasteiger partial charge in [0.25, 0.3) is 0 Å². The van der Waals surface area contributed by atoms with Crippen LogP contribution in [0.3, 0.4) is 0 Å². The number of aromatic nitrogens is 1. The van der Waals surface area contributed by atoms with Crippen molar-refractivity contribution in [2.45, 2.75) is 0 Å². The lowest BCUT2D eigenvalue weighted by atomic mass is 10.3. The zero-order valence-electron chi connectivity index (χ0n) is 5.07. The van der Waals surface area contributed by atoms with E-state index in [1.54, 1.807) is 18.2 Å². The van der Waals surface area contributed by atoms with Gasteiger partial charge in [0.15, 0.2) is 0 Å². The summed E-state index contributed by atoms with van der Waals surface area (Å²) < 4.78 is 0. The summed E-state index contributed by atoms with van der Waals surface area (Å²) in [5.74, 6) is 0. The number of rotatable bonds is 0. The summed E-state index contributed by atoms with van der Waals surface area (Å²) in [4.78, 5) is 3.69. The number of pyridine rings is 1. The topological polar surface area (TPSA) is 60.5 Å². The summed E-state index contributed by atoms with van der Waals surface area (Å²) in [6.45, 7) is 0. The fourth-order valence-corrected chi connectivity index (χ4v) is 0.559. The first-order valence-corrected chi connectivity index (χ1v) is 2.64. The highest BCUT2D eigenvalue weighted by atomic mass is 14.7. The lowest BCUT2D eigenvalue weighted by molar-refractivity contribution is 1.22. The molecule has 1 aromatic heterocycles. The quantitative estimate of drug-likeness (QED) is 0.521. The summed E-state index contributed by atoms with van der Waals surface area (Å²) in [6, 6.07) is 8.42. The Bertz CT molecular complexity index is 287. The average molecular weight is 129 g/mol. The predicted octanol–water partition coefficient (Wildman–Crippen LogP) is 0.825. The van der Waals surface area contributed by atoms with Crippen LogP contribution in [0.15, 0.2) is 18.2 Å². The molecule has 0 saturated carbocycles. The highest BCUT2D eigenvalue weighted by molar-refractivity contribution is 5.27. The molecule has 0 amide bonds. The van der Waals surface area contributed by atoms with Crippen molar-refractivity contribution in [2.24, 2.45) is 0 Å². The fraction of sp³-hybridized carbons (Fsp3) is 0. The Kier molecular flexibility index (Phi) is 1.63. The molecule has 0 bridgehead atoms. The van der Waals surface area contributed by atoms with Crippen LogP contribution >= 0.6 is 0 Å². The van der Waals surface area contributed by atoms with Crippen molar-refractivity contribution in [3.05, 3.63) is 29.6 Å². The summed E-state index contributed by atoms with van der Waals surface area (Å²) in [6.07, 6.45) is 0. The van der Waals surface area contributed by atoms with Gasteiger partial charge in [-0.05, 0) is 12.1 Å². The van der Waals surface area contributed by atoms with Gasteiger partial charge in [-0.25, -0.2) is 4.98 Å². The first-order chi connectivity index (χ1) is 4.86. The molecule has 0 aliphatic carbocycles. The Labute approximate surface area is 58.2 Å². The van der Waals surface area contributed by atoms with Gasteiger partial charge in [0.05, 0.1) is 0 Å². The molecule has 0 saturated heterocycles. The molecule has 0 fully saturated rings. The fourth-order valence-electron chi connectivity index (χ4n) is 0.559. The van der Waals surface area contributed by atoms with E-state index in [4.69, 9.17) is 10.5 Å². The zero-order chi connectivity index (χ0) is 7.40. The molecule has 0 unspecified atom stereocenters. The Morgan fingerprint density at radius 3 is 2.00 bits per heavy atom. The van der Waals surface area contributed by atoms with Gasteiger partial charge in [0.2, 0.25) is 0 Å². The van der Waals surface area contributed by atoms with Crippen LogP contribution in [0.25, 0.3) is 0 Å². The molecule has 1 heterocycles. The van der Waals surface area contributed by atoms with Gasteiger partial charge in [0.1, 0.15) is 23.5 Å². The second-order valence-corrected chi connectivity index (χ2v) is 1.63. The van der Waals surface area contributed by atoms with Crippen LogP contribution in [0.1, 0.15) is 11.4 Å². The normalized spacial score (nSPS) is 7.80. The van der Waals surface area contributed by atoms with E-state index < -0.39 is 0 Å². The monoisotopic (exact) mass is 129 g/mol. The minimum Gasteiger partial charge on any atom is -0.226 e. The Morgan fingerprint density at radius 2 is 1.60 bits per heavy atom. The Morgan fingerprint density at radius 1 is 1.10 bits per heavy atom. The third-order valence-corrected chi connectivity index (χ3v) is 0.978. The number of nitriles is 2. The van der Waals surface area contributed by atoms with E-state index in [2.05, 4.69) is 4.98 Å². The van der Waals surface area contributed by atoms with Crippen LogP contribution in [0.2, 0.25) is 0 Å². The number of hydrogen-bond acceptors (Lipinski definition) is 3. The van der Waals surface area contributed by atoms with Crippen LogP contribution in [-0.2, 0) is 0 Å². The summed E-state index contributed by atoms with van der Waals surface area (Å²) in [7, 11) is 0. The van der Waals surface area contributed by atoms with Gasteiger partial charge in [-0.3, -0.25) is 0 Å². The van der Waals surface area contributed by atoms with Crippen molar-refractivity contribution in [3.8, 4) is 12.1 Å². The van der Waals surface area contributed by atoms with Crippen molar-refractivity contribution in [3.63, 3.8) is 0 Å². The highest BCUT2D eigenvalue weighted by Crippen LogP contribution is 1.94. The third kappa shape index (κ3) is 1.10. The Balaban J connectivity index is 3.17. The van der Waals surface area contributed by atoms with Crippen molar-refractivity contribution in [2.75, 3.05) is 0 Å². The van der Waals surface area contributed by atoms with Crippen molar-refractivity contribution >= 4 is 0 Å². The lowest BCUT2D eigenvalue weighted by Gasteiger charge is -1.85. The largest absolute Gasteiger partial charge is 0.226 e. The van der Waals surface area contributed by atoms with Crippen LogP contribution in [0.5, 0.6) is 0 Å².